The highest BCUT2D eigenvalue weighted by molar-refractivity contribution is 7.91. The second-order valence-corrected chi connectivity index (χ2v) is 8.01. The van der Waals surface area contributed by atoms with Crippen LogP contribution in [0.1, 0.15) is 6.42 Å². The molecule has 0 saturated carbocycles. The summed E-state index contributed by atoms with van der Waals surface area (Å²) in [4.78, 5) is 13.3. The zero-order valence-electron chi connectivity index (χ0n) is 13.1. The van der Waals surface area contributed by atoms with E-state index in [1.165, 1.54) is 4.80 Å². The van der Waals surface area contributed by atoms with E-state index in [1.807, 2.05) is 0 Å². The number of tetrazole rings is 1. The largest absolute Gasteiger partial charge is 0.338 e. The molecule has 1 aromatic carbocycles. The molecule has 2 heterocycles. The molecule has 0 radical (unpaired) electrons. The van der Waals surface area contributed by atoms with E-state index < -0.39 is 9.84 Å². The third-order valence-corrected chi connectivity index (χ3v) is 5.62. The number of amides is 2. The van der Waals surface area contributed by atoms with Crippen molar-refractivity contribution in [2.75, 3.05) is 23.4 Å². The number of nitrogens with one attached hydrogen (secondary N) is 2. The molecule has 9 nitrogen and oxygen atoms in total. The van der Waals surface area contributed by atoms with Gasteiger partial charge in [0.1, 0.15) is 0 Å². The SMILES string of the molecule is Cn1nnc(-c2ccc(NC(=O)NCC3CCS(=O)(=O)C3)cc2)n1. The minimum atomic E-state index is -2.92. The van der Waals surface area contributed by atoms with Crippen LogP contribution in [0.2, 0.25) is 0 Å². The summed E-state index contributed by atoms with van der Waals surface area (Å²) < 4.78 is 22.8. The maximum atomic E-state index is 11.9. The number of nitrogens with zero attached hydrogens (tertiary/aromatic N) is 4. The molecule has 1 aromatic heterocycles. The van der Waals surface area contributed by atoms with E-state index in [9.17, 15) is 13.2 Å². The Hall–Kier alpha value is -2.49. The lowest BCUT2D eigenvalue weighted by Gasteiger charge is -2.11. The van der Waals surface area contributed by atoms with Gasteiger partial charge in [-0.3, -0.25) is 0 Å². The highest BCUT2D eigenvalue weighted by atomic mass is 32.2. The second kappa shape index (κ2) is 6.56. The summed E-state index contributed by atoms with van der Waals surface area (Å²) >= 11 is 0. The highest BCUT2D eigenvalue weighted by Crippen LogP contribution is 2.18. The third-order valence-electron chi connectivity index (χ3n) is 3.79. The van der Waals surface area contributed by atoms with E-state index in [0.29, 0.717) is 24.5 Å². The molecule has 1 atom stereocenters. The van der Waals surface area contributed by atoms with Crippen molar-refractivity contribution < 1.29 is 13.2 Å². The number of aryl methyl sites for hydroxylation is 1. The molecule has 3 rings (SSSR count). The summed E-state index contributed by atoms with van der Waals surface area (Å²) in [5.74, 6) is 0.855. The summed E-state index contributed by atoms with van der Waals surface area (Å²) in [5, 5.41) is 17.2. The molecule has 1 aliphatic rings. The summed E-state index contributed by atoms with van der Waals surface area (Å²) in [5.41, 5.74) is 1.42. The van der Waals surface area contributed by atoms with Gasteiger partial charge in [-0.1, -0.05) is 0 Å². The van der Waals surface area contributed by atoms with E-state index in [2.05, 4.69) is 26.0 Å². The Morgan fingerprint density at radius 1 is 1.33 bits per heavy atom. The molecule has 2 N–H and O–H groups in total. The fourth-order valence-corrected chi connectivity index (χ4v) is 4.41. The molecule has 0 spiro atoms. The topological polar surface area (TPSA) is 119 Å². The number of benzene rings is 1. The van der Waals surface area contributed by atoms with E-state index >= 15 is 0 Å². The maximum absolute atomic E-state index is 11.9. The Bertz CT molecular complexity index is 830. The number of hydrogen-bond donors (Lipinski definition) is 2. The Morgan fingerprint density at radius 3 is 2.67 bits per heavy atom. The number of rotatable bonds is 4. The minimum absolute atomic E-state index is 0.00847. The number of carbonyl (C=O) groups excluding carboxylic acids is 1. The van der Waals surface area contributed by atoms with Gasteiger partial charge >= 0.3 is 6.03 Å². The van der Waals surface area contributed by atoms with E-state index in [0.717, 1.165) is 5.56 Å². The van der Waals surface area contributed by atoms with E-state index in [-0.39, 0.29) is 23.5 Å². The van der Waals surface area contributed by atoms with Crippen LogP contribution in [0.15, 0.2) is 24.3 Å². The quantitative estimate of drug-likeness (QED) is 0.825. The van der Waals surface area contributed by atoms with Crippen molar-refractivity contribution in [2.24, 2.45) is 13.0 Å². The van der Waals surface area contributed by atoms with Crippen molar-refractivity contribution in [3.8, 4) is 11.4 Å². The van der Waals surface area contributed by atoms with Gasteiger partial charge in [-0.2, -0.15) is 4.80 Å². The van der Waals surface area contributed by atoms with Crippen molar-refractivity contribution >= 4 is 21.6 Å². The Balaban J connectivity index is 1.51. The lowest BCUT2D eigenvalue weighted by Crippen LogP contribution is -2.33. The molecule has 0 aliphatic carbocycles. The van der Waals surface area contributed by atoms with Crippen molar-refractivity contribution in [1.29, 1.82) is 0 Å². The molecule has 1 saturated heterocycles. The Kier molecular flexibility index (Phi) is 4.47. The van der Waals surface area contributed by atoms with Crippen molar-refractivity contribution in [2.45, 2.75) is 6.42 Å². The van der Waals surface area contributed by atoms with Crippen LogP contribution >= 0.6 is 0 Å². The molecule has 24 heavy (non-hydrogen) atoms. The molecule has 1 unspecified atom stereocenters. The zero-order chi connectivity index (χ0) is 17.2. The first-order valence-electron chi connectivity index (χ1n) is 7.51. The predicted octanol–water partition coefficient (Wildman–Crippen LogP) is 0.433. The van der Waals surface area contributed by atoms with Crippen LogP contribution in [0.3, 0.4) is 0 Å². The average Bonchev–Trinajstić information content (AvgIpc) is 3.11. The molecular formula is C14H18N6O3S. The van der Waals surface area contributed by atoms with Gasteiger partial charge in [0, 0.05) is 17.8 Å². The van der Waals surface area contributed by atoms with E-state index in [4.69, 9.17) is 0 Å². The summed E-state index contributed by atoms with van der Waals surface area (Å²) in [6, 6.07) is 6.70. The van der Waals surface area contributed by atoms with Gasteiger partial charge in [0.05, 0.1) is 18.6 Å². The summed E-state index contributed by atoms with van der Waals surface area (Å²) in [6.07, 6.45) is 0.600. The van der Waals surface area contributed by atoms with Gasteiger partial charge in [-0.15, -0.1) is 10.2 Å². The lowest BCUT2D eigenvalue weighted by atomic mass is 10.1. The van der Waals surface area contributed by atoms with Gasteiger partial charge in [-0.05, 0) is 41.8 Å². The van der Waals surface area contributed by atoms with Crippen molar-refractivity contribution in [3.63, 3.8) is 0 Å². The monoisotopic (exact) mass is 350 g/mol. The fraction of sp³-hybridized carbons (Fsp3) is 0.429. The lowest BCUT2D eigenvalue weighted by molar-refractivity contribution is 0.250. The van der Waals surface area contributed by atoms with Gasteiger partial charge in [-0.25, -0.2) is 13.2 Å². The first-order valence-corrected chi connectivity index (χ1v) is 9.33. The number of aromatic nitrogens is 4. The van der Waals surface area contributed by atoms with Gasteiger partial charge in [0.15, 0.2) is 9.84 Å². The molecular weight excluding hydrogens is 332 g/mol. The van der Waals surface area contributed by atoms with Crippen molar-refractivity contribution in [3.05, 3.63) is 24.3 Å². The average molecular weight is 350 g/mol. The number of urea groups is 1. The normalized spacial score (nSPS) is 19.1. The Morgan fingerprint density at radius 2 is 2.08 bits per heavy atom. The minimum Gasteiger partial charge on any atom is -0.338 e. The second-order valence-electron chi connectivity index (χ2n) is 5.78. The van der Waals surface area contributed by atoms with Crippen LogP contribution in [0.4, 0.5) is 10.5 Å². The molecule has 128 valence electrons. The molecule has 2 amide bonds. The van der Waals surface area contributed by atoms with Crippen LogP contribution in [0, 0.1) is 5.92 Å². The number of anilines is 1. The van der Waals surface area contributed by atoms with Crippen LogP contribution in [0.5, 0.6) is 0 Å². The molecule has 2 aromatic rings. The van der Waals surface area contributed by atoms with Gasteiger partial charge < -0.3 is 10.6 Å². The van der Waals surface area contributed by atoms with Crippen LogP contribution in [-0.2, 0) is 16.9 Å². The number of sulfone groups is 1. The zero-order valence-corrected chi connectivity index (χ0v) is 14.0. The third kappa shape index (κ3) is 4.07. The summed E-state index contributed by atoms with van der Waals surface area (Å²) in [7, 11) is -1.24. The Labute approximate surface area is 139 Å². The van der Waals surface area contributed by atoms with Crippen LogP contribution in [-0.4, -0.2) is 52.7 Å². The molecule has 1 aliphatic heterocycles. The van der Waals surface area contributed by atoms with Gasteiger partial charge in [0.2, 0.25) is 5.82 Å². The standard InChI is InChI=1S/C14H18N6O3S/c1-20-18-13(17-19-20)11-2-4-12(5-3-11)16-14(21)15-8-10-6-7-24(22,23)9-10/h2-5,10H,6-9H2,1H3,(H2,15,16,21). The van der Waals surface area contributed by atoms with E-state index in [1.54, 1.807) is 31.3 Å². The predicted molar refractivity (Wildman–Crippen MR) is 88.0 cm³/mol. The van der Waals surface area contributed by atoms with Crippen LogP contribution < -0.4 is 10.6 Å². The summed E-state index contributed by atoms with van der Waals surface area (Å²) in [6.45, 7) is 0.354. The van der Waals surface area contributed by atoms with Crippen LogP contribution in [0.25, 0.3) is 11.4 Å². The molecule has 1 fully saturated rings. The smallest absolute Gasteiger partial charge is 0.319 e. The number of hydrogen-bond acceptors (Lipinski definition) is 6. The maximum Gasteiger partial charge on any atom is 0.319 e. The van der Waals surface area contributed by atoms with Gasteiger partial charge in [0.25, 0.3) is 0 Å². The molecule has 0 bridgehead atoms. The fourth-order valence-electron chi connectivity index (χ4n) is 2.55. The highest BCUT2D eigenvalue weighted by Gasteiger charge is 2.27. The van der Waals surface area contributed by atoms with Crippen molar-refractivity contribution in [1.82, 2.24) is 25.5 Å². The molecule has 10 heteroatoms. The first kappa shape index (κ1) is 16.4. The first-order chi connectivity index (χ1) is 11.4. The number of carbonyl (C=O) groups is 1.